The normalized spacial score (nSPS) is 12.7. The predicted molar refractivity (Wildman–Crippen MR) is 116 cm³/mol. The quantitative estimate of drug-likeness (QED) is 0.305. The molecule has 0 spiro atoms. The van der Waals surface area contributed by atoms with Gasteiger partial charge in [-0.05, 0) is 41.8 Å². The Bertz CT molecular complexity index is 683. The summed E-state index contributed by atoms with van der Waals surface area (Å²) in [5.74, 6) is 0.863. The summed E-state index contributed by atoms with van der Waals surface area (Å²) in [5.41, 5.74) is 2.04. The van der Waals surface area contributed by atoms with Gasteiger partial charge in [-0.1, -0.05) is 77.1 Å². The molecule has 0 saturated carbocycles. The lowest BCUT2D eigenvalue weighted by molar-refractivity contribution is 0.253. The van der Waals surface area contributed by atoms with E-state index >= 15 is 0 Å². The Morgan fingerprint density at radius 1 is 0.821 bits per heavy atom. The van der Waals surface area contributed by atoms with Gasteiger partial charge in [0.25, 0.3) is 0 Å². The second-order valence-corrected chi connectivity index (χ2v) is 8.54. The molecular formula is C23H33O4P. The van der Waals surface area contributed by atoms with Crippen molar-refractivity contribution in [3.05, 3.63) is 59.7 Å². The molecule has 0 aromatic heterocycles. The Morgan fingerprint density at radius 3 is 1.96 bits per heavy atom. The monoisotopic (exact) mass is 404 g/mol. The lowest BCUT2D eigenvalue weighted by atomic mass is 9.78. The molecule has 2 rings (SSSR count). The van der Waals surface area contributed by atoms with Crippen molar-refractivity contribution in [3.63, 3.8) is 0 Å². The van der Waals surface area contributed by atoms with Gasteiger partial charge in [-0.25, -0.2) is 0 Å². The number of unbranched alkanes of at least 4 members (excludes halogenated alkanes) is 5. The standard InChI is InChI=1S/C23H33O4P/c1-4-5-6-7-8-9-18-26-28(25)27-22-16-12-20(13-17-22)23(2,3)19-10-14-21(24)15-11-19/h10-17,24-25H,4-9,18H2,1-3H3. The number of rotatable bonds is 12. The Hall–Kier alpha value is -1.61. The Kier molecular flexibility index (Phi) is 9.24. The molecule has 154 valence electrons. The minimum absolute atomic E-state index is 0.204. The van der Waals surface area contributed by atoms with E-state index < -0.39 is 8.60 Å². The first kappa shape index (κ1) is 22.7. The van der Waals surface area contributed by atoms with Crippen LogP contribution >= 0.6 is 8.60 Å². The highest BCUT2D eigenvalue weighted by molar-refractivity contribution is 7.41. The van der Waals surface area contributed by atoms with Crippen LogP contribution in [0.4, 0.5) is 0 Å². The van der Waals surface area contributed by atoms with Crippen molar-refractivity contribution in [2.45, 2.75) is 64.7 Å². The minimum atomic E-state index is -1.90. The highest BCUT2D eigenvalue weighted by atomic mass is 31.2. The maximum atomic E-state index is 9.97. The zero-order valence-corrected chi connectivity index (χ0v) is 18.1. The van der Waals surface area contributed by atoms with E-state index in [4.69, 9.17) is 9.05 Å². The van der Waals surface area contributed by atoms with E-state index in [-0.39, 0.29) is 11.2 Å². The molecule has 5 heteroatoms. The molecule has 0 radical (unpaired) electrons. The van der Waals surface area contributed by atoms with Crippen molar-refractivity contribution < 1.29 is 19.0 Å². The highest BCUT2D eigenvalue weighted by Crippen LogP contribution is 2.37. The average molecular weight is 404 g/mol. The van der Waals surface area contributed by atoms with Gasteiger partial charge in [0.15, 0.2) is 0 Å². The fourth-order valence-corrected chi connectivity index (χ4v) is 3.76. The minimum Gasteiger partial charge on any atom is -0.508 e. The third-order valence-electron chi connectivity index (χ3n) is 5.05. The van der Waals surface area contributed by atoms with Crippen LogP contribution in [0.25, 0.3) is 0 Å². The van der Waals surface area contributed by atoms with E-state index in [2.05, 4.69) is 20.8 Å². The van der Waals surface area contributed by atoms with Gasteiger partial charge in [-0.3, -0.25) is 0 Å². The third-order valence-corrected chi connectivity index (χ3v) is 5.82. The van der Waals surface area contributed by atoms with Crippen molar-refractivity contribution in [1.29, 1.82) is 0 Å². The van der Waals surface area contributed by atoms with E-state index in [1.54, 1.807) is 12.1 Å². The van der Waals surface area contributed by atoms with Crippen LogP contribution < -0.4 is 4.52 Å². The zero-order valence-electron chi connectivity index (χ0n) is 17.2. The molecule has 0 heterocycles. The van der Waals surface area contributed by atoms with Gasteiger partial charge in [-0.15, -0.1) is 0 Å². The predicted octanol–water partition coefficient (Wildman–Crippen LogP) is 6.69. The molecular weight excluding hydrogens is 371 g/mol. The molecule has 0 saturated heterocycles. The van der Waals surface area contributed by atoms with Crippen LogP contribution in [0.15, 0.2) is 48.5 Å². The number of hydrogen-bond donors (Lipinski definition) is 2. The summed E-state index contributed by atoms with van der Waals surface area (Å²) >= 11 is 0. The lowest BCUT2D eigenvalue weighted by Crippen LogP contribution is -2.18. The van der Waals surface area contributed by atoms with E-state index in [1.807, 2.05) is 36.4 Å². The summed E-state index contributed by atoms with van der Waals surface area (Å²) in [7, 11) is -1.90. The van der Waals surface area contributed by atoms with Crippen LogP contribution in [0.1, 0.15) is 70.4 Å². The van der Waals surface area contributed by atoms with Crippen LogP contribution in [0, 0.1) is 0 Å². The molecule has 0 fully saturated rings. The van der Waals surface area contributed by atoms with Crippen molar-refractivity contribution in [2.24, 2.45) is 0 Å². The first-order valence-corrected chi connectivity index (χ1v) is 11.3. The maximum Gasteiger partial charge on any atom is 0.394 e. The Labute approximate surface area is 170 Å². The molecule has 2 aromatic carbocycles. The summed E-state index contributed by atoms with van der Waals surface area (Å²) < 4.78 is 10.9. The van der Waals surface area contributed by atoms with Crippen molar-refractivity contribution in [3.8, 4) is 11.5 Å². The number of phenolic OH excluding ortho intramolecular Hbond substituents is 1. The van der Waals surface area contributed by atoms with Gasteiger partial charge in [0, 0.05) is 5.41 Å². The molecule has 2 aromatic rings. The van der Waals surface area contributed by atoms with Gasteiger partial charge in [0.1, 0.15) is 11.5 Å². The van der Waals surface area contributed by atoms with Crippen LogP contribution in [0.3, 0.4) is 0 Å². The molecule has 0 bridgehead atoms. The van der Waals surface area contributed by atoms with Gasteiger partial charge < -0.3 is 19.0 Å². The summed E-state index contributed by atoms with van der Waals surface area (Å²) in [4.78, 5) is 9.97. The first-order chi connectivity index (χ1) is 13.4. The van der Waals surface area contributed by atoms with Gasteiger partial charge in [-0.2, -0.15) is 0 Å². The second-order valence-electron chi connectivity index (χ2n) is 7.63. The number of benzene rings is 2. The number of aromatic hydroxyl groups is 1. The molecule has 1 atom stereocenters. The second kappa shape index (κ2) is 11.4. The summed E-state index contributed by atoms with van der Waals surface area (Å²) in [6, 6.07) is 15.0. The van der Waals surface area contributed by atoms with Crippen LogP contribution in [-0.2, 0) is 9.94 Å². The van der Waals surface area contributed by atoms with Crippen molar-refractivity contribution in [2.75, 3.05) is 6.61 Å². The van der Waals surface area contributed by atoms with Gasteiger partial charge >= 0.3 is 8.60 Å². The highest BCUT2D eigenvalue weighted by Gasteiger charge is 2.23. The van der Waals surface area contributed by atoms with E-state index in [9.17, 15) is 10.00 Å². The molecule has 0 aliphatic carbocycles. The molecule has 1 unspecified atom stereocenters. The number of phenols is 1. The molecule has 0 aliphatic heterocycles. The average Bonchev–Trinajstić information content (AvgIpc) is 2.68. The van der Waals surface area contributed by atoms with Crippen molar-refractivity contribution in [1.82, 2.24) is 0 Å². The van der Waals surface area contributed by atoms with Crippen LogP contribution in [0.2, 0.25) is 0 Å². The lowest BCUT2D eigenvalue weighted by Gasteiger charge is -2.26. The Morgan fingerprint density at radius 2 is 1.36 bits per heavy atom. The summed E-state index contributed by atoms with van der Waals surface area (Å²) in [6.45, 7) is 7.01. The number of hydrogen-bond acceptors (Lipinski definition) is 4. The van der Waals surface area contributed by atoms with E-state index in [0.717, 1.165) is 24.0 Å². The summed E-state index contributed by atoms with van der Waals surface area (Å²) in [6.07, 6.45) is 7.11. The SMILES string of the molecule is CCCCCCCCOP(O)Oc1ccc(C(C)(C)c2ccc(O)cc2)cc1. The van der Waals surface area contributed by atoms with Crippen LogP contribution in [-0.4, -0.2) is 16.6 Å². The van der Waals surface area contributed by atoms with Gasteiger partial charge in [0.05, 0.1) is 6.61 Å². The maximum absolute atomic E-state index is 9.97. The Balaban J connectivity index is 1.81. The third kappa shape index (κ3) is 7.09. The molecule has 2 N–H and O–H groups in total. The molecule has 4 nitrogen and oxygen atoms in total. The van der Waals surface area contributed by atoms with Gasteiger partial charge in [0.2, 0.25) is 0 Å². The molecule has 0 amide bonds. The molecule has 0 aliphatic rings. The fraction of sp³-hybridized carbons (Fsp3) is 0.478. The zero-order chi connectivity index (χ0) is 20.4. The fourth-order valence-electron chi connectivity index (χ4n) is 3.12. The van der Waals surface area contributed by atoms with E-state index in [0.29, 0.717) is 12.4 Å². The first-order valence-electron chi connectivity index (χ1n) is 10.1. The topological polar surface area (TPSA) is 58.9 Å². The van der Waals surface area contributed by atoms with Crippen LogP contribution in [0.5, 0.6) is 11.5 Å². The smallest absolute Gasteiger partial charge is 0.394 e. The summed E-state index contributed by atoms with van der Waals surface area (Å²) in [5, 5.41) is 9.49. The largest absolute Gasteiger partial charge is 0.508 e. The van der Waals surface area contributed by atoms with Crippen molar-refractivity contribution >= 4 is 8.60 Å². The van der Waals surface area contributed by atoms with E-state index in [1.165, 1.54) is 25.7 Å². The molecule has 28 heavy (non-hydrogen) atoms.